The van der Waals surface area contributed by atoms with Crippen LogP contribution in [0.25, 0.3) is 11.4 Å². The van der Waals surface area contributed by atoms with Gasteiger partial charge >= 0.3 is 0 Å². The Kier molecular flexibility index (Phi) is 4.88. The summed E-state index contributed by atoms with van der Waals surface area (Å²) in [6.45, 7) is 3.41. The lowest BCUT2D eigenvalue weighted by Gasteiger charge is -2.33. The van der Waals surface area contributed by atoms with Gasteiger partial charge in [0, 0.05) is 31.4 Å². The average molecular weight is 380 g/mol. The summed E-state index contributed by atoms with van der Waals surface area (Å²) in [6, 6.07) is 10.4. The number of piperazine rings is 1. The Morgan fingerprint density at radius 2 is 2.11 bits per heavy atom. The number of carbonyl (C=O) groups excluding carboxylic acids is 2. The molecule has 9 heteroatoms. The Hall–Kier alpha value is -3.49. The monoisotopic (exact) mass is 380 g/mol. The number of nitrogens with one attached hydrogen (secondary N) is 1. The molecule has 1 N–H and O–H groups in total. The maximum atomic E-state index is 12.9. The number of aromatic nitrogens is 4. The zero-order valence-corrected chi connectivity index (χ0v) is 15.4. The van der Waals surface area contributed by atoms with Gasteiger partial charge in [0.15, 0.2) is 0 Å². The molecule has 4 rings (SSSR count). The van der Waals surface area contributed by atoms with Gasteiger partial charge in [-0.2, -0.15) is 10.1 Å². The van der Waals surface area contributed by atoms with Gasteiger partial charge in [-0.1, -0.05) is 35.5 Å². The van der Waals surface area contributed by atoms with E-state index < -0.39 is 6.04 Å². The smallest absolute Gasteiger partial charge is 0.275 e. The minimum atomic E-state index is -0.725. The third-order valence-electron chi connectivity index (χ3n) is 4.64. The molecule has 1 saturated heterocycles. The fourth-order valence-corrected chi connectivity index (χ4v) is 3.17. The summed E-state index contributed by atoms with van der Waals surface area (Å²) in [7, 11) is 0. The van der Waals surface area contributed by atoms with E-state index in [0.29, 0.717) is 37.0 Å². The van der Waals surface area contributed by atoms with E-state index in [0.717, 1.165) is 5.56 Å². The van der Waals surface area contributed by atoms with E-state index in [4.69, 9.17) is 4.52 Å². The second-order valence-electron chi connectivity index (χ2n) is 6.44. The summed E-state index contributed by atoms with van der Waals surface area (Å²) in [4.78, 5) is 31.3. The lowest BCUT2D eigenvalue weighted by Crippen LogP contribution is -2.58. The molecule has 0 radical (unpaired) electrons. The van der Waals surface area contributed by atoms with E-state index in [1.54, 1.807) is 16.9 Å². The van der Waals surface area contributed by atoms with Crippen LogP contribution in [0.2, 0.25) is 0 Å². The van der Waals surface area contributed by atoms with Crippen LogP contribution in [0.4, 0.5) is 0 Å². The standard InChI is InChI=1S/C19H20N6O3/c1-2-24-10-8-14(22-24)19(27)25-11-9-20-18(26)15(25)12-16-21-17(23-28-16)13-6-4-3-5-7-13/h3-8,10,15H,2,9,11-12H2,1H3,(H,20,26). The summed E-state index contributed by atoms with van der Waals surface area (Å²) in [5.74, 6) is 0.230. The zero-order chi connectivity index (χ0) is 19.5. The van der Waals surface area contributed by atoms with E-state index >= 15 is 0 Å². The van der Waals surface area contributed by atoms with E-state index in [1.165, 1.54) is 4.90 Å². The molecular weight excluding hydrogens is 360 g/mol. The highest BCUT2D eigenvalue weighted by atomic mass is 16.5. The number of carbonyl (C=O) groups is 2. The number of nitrogens with zero attached hydrogens (tertiary/aromatic N) is 5. The molecule has 1 atom stereocenters. The van der Waals surface area contributed by atoms with E-state index in [9.17, 15) is 9.59 Å². The number of benzene rings is 1. The highest BCUT2D eigenvalue weighted by Crippen LogP contribution is 2.18. The first-order chi connectivity index (χ1) is 13.7. The van der Waals surface area contributed by atoms with Crippen LogP contribution in [-0.2, 0) is 17.8 Å². The molecule has 28 heavy (non-hydrogen) atoms. The van der Waals surface area contributed by atoms with Gasteiger partial charge in [0.2, 0.25) is 17.6 Å². The van der Waals surface area contributed by atoms with E-state index in [2.05, 4.69) is 20.6 Å². The van der Waals surface area contributed by atoms with Crippen molar-refractivity contribution < 1.29 is 14.1 Å². The van der Waals surface area contributed by atoms with Crippen molar-refractivity contribution in [3.05, 3.63) is 54.2 Å². The van der Waals surface area contributed by atoms with Crippen molar-refractivity contribution in [1.82, 2.24) is 30.1 Å². The molecule has 0 bridgehead atoms. The Balaban J connectivity index is 1.55. The number of hydrogen-bond donors (Lipinski definition) is 1. The van der Waals surface area contributed by atoms with Crippen molar-refractivity contribution in [3.63, 3.8) is 0 Å². The Labute approximate surface area is 161 Å². The zero-order valence-electron chi connectivity index (χ0n) is 15.4. The first kappa shape index (κ1) is 17.9. The Morgan fingerprint density at radius 1 is 1.29 bits per heavy atom. The summed E-state index contributed by atoms with van der Waals surface area (Å²) >= 11 is 0. The molecule has 1 unspecified atom stereocenters. The molecule has 2 amide bonds. The number of rotatable bonds is 5. The lowest BCUT2D eigenvalue weighted by molar-refractivity contribution is -0.128. The largest absolute Gasteiger partial charge is 0.353 e. The maximum absolute atomic E-state index is 12.9. The average Bonchev–Trinajstić information content (AvgIpc) is 3.39. The third-order valence-corrected chi connectivity index (χ3v) is 4.64. The molecule has 0 saturated carbocycles. The molecule has 2 aromatic heterocycles. The summed E-state index contributed by atoms with van der Waals surface area (Å²) in [6.07, 6.45) is 1.89. The normalized spacial score (nSPS) is 16.8. The topological polar surface area (TPSA) is 106 Å². The van der Waals surface area contributed by atoms with E-state index in [-0.39, 0.29) is 18.2 Å². The molecule has 3 heterocycles. The van der Waals surface area contributed by atoms with Crippen LogP contribution in [-0.4, -0.2) is 55.8 Å². The molecule has 1 aliphatic rings. The molecular formula is C19H20N6O3. The predicted octanol–water partition coefficient (Wildman–Crippen LogP) is 1.14. The lowest BCUT2D eigenvalue weighted by atomic mass is 10.1. The number of amides is 2. The van der Waals surface area contributed by atoms with E-state index in [1.807, 2.05) is 37.3 Å². The fraction of sp³-hybridized carbons (Fsp3) is 0.316. The van der Waals surface area contributed by atoms with Crippen molar-refractivity contribution in [3.8, 4) is 11.4 Å². The summed E-state index contributed by atoms with van der Waals surface area (Å²) < 4.78 is 7.00. The van der Waals surface area contributed by atoms with Crippen LogP contribution < -0.4 is 5.32 Å². The SMILES string of the molecule is CCn1ccc(C(=O)N2CCNC(=O)C2Cc2nc(-c3ccccc3)no2)n1. The van der Waals surface area contributed by atoms with Crippen LogP contribution in [0.1, 0.15) is 23.3 Å². The van der Waals surface area contributed by atoms with Gasteiger partial charge in [0.25, 0.3) is 5.91 Å². The predicted molar refractivity (Wildman–Crippen MR) is 99.2 cm³/mol. The number of aryl methyl sites for hydroxylation is 1. The second kappa shape index (κ2) is 7.63. The molecule has 3 aromatic rings. The van der Waals surface area contributed by atoms with Crippen molar-refractivity contribution in [2.24, 2.45) is 0 Å². The molecule has 1 aliphatic heterocycles. The Morgan fingerprint density at radius 3 is 2.86 bits per heavy atom. The van der Waals surface area contributed by atoms with Crippen LogP contribution >= 0.6 is 0 Å². The Bertz CT molecular complexity index is 980. The first-order valence-corrected chi connectivity index (χ1v) is 9.16. The minimum Gasteiger partial charge on any atom is -0.353 e. The van der Waals surface area contributed by atoms with Gasteiger partial charge in [0.05, 0.1) is 6.42 Å². The highest BCUT2D eigenvalue weighted by Gasteiger charge is 2.35. The molecule has 9 nitrogen and oxygen atoms in total. The van der Waals surface area contributed by atoms with Crippen molar-refractivity contribution in [1.29, 1.82) is 0 Å². The van der Waals surface area contributed by atoms with Crippen LogP contribution in [0.5, 0.6) is 0 Å². The van der Waals surface area contributed by atoms with Crippen LogP contribution in [0, 0.1) is 0 Å². The van der Waals surface area contributed by atoms with Gasteiger partial charge in [-0.05, 0) is 13.0 Å². The first-order valence-electron chi connectivity index (χ1n) is 9.16. The molecule has 1 fully saturated rings. The van der Waals surface area contributed by atoms with Crippen LogP contribution in [0.3, 0.4) is 0 Å². The molecule has 0 spiro atoms. The van der Waals surface area contributed by atoms with Crippen LogP contribution in [0.15, 0.2) is 47.1 Å². The minimum absolute atomic E-state index is 0.145. The van der Waals surface area contributed by atoms with Gasteiger partial charge in [0.1, 0.15) is 11.7 Å². The molecule has 0 aliphatic carbocycles. The van der Waals surface area contributed by atoms with Crippen molar-refractivity contribution in [2.45, 2.75) is 25.9 Å². The van der Waals surface area contributed by atoms with Crippen molar-refractivity contribution in [2.75, 3.05) is 13.1 Å². The van der Waals surface area contributed by atoms with Crippen molar-refractivity contribution >= 4 is 11.8 Å². The second-order valence-corrected chi connectivity index (χ2v) is 6.44. The van der Waals surface area contributed by atoms with Gasteiger partial charge in [-0.3, -0.25) is 14.3 Å². The van der Waals surface area contributed by atoms with Gasteiger partial charge in [-0.25, -0.2) is 0 Å². The summed E-state index contributed by atoms with van der Waals surface area (Å²) in [5, 5.41) is 11.0. The highest BCUT2D eigenvalue weighted by molar-refractivity contribution is 5.96. The van der Waals surface area contributed by atoms with Gasteiger partial charge < -0.3 is 14.7 Å². The molecule has 1 aromatic carbocycles. The number of hydrogen-bond acceptors (Lipinski definition) is 6. The third kappa shape index (κ3) is 3.51. The maximum Gasteiger partial charge on any atom is 0.275 e. The quantitative estimate of drug-likeness (QED) is 0.711. The van der Waals surface area contributed by atoms with Gasteiger partial charge in [-0.15, -0.1) is 0 Å². The molecule has 144 valence electrons. The summed E-state index contributed by atoms with van der Waals surface area (Å²) in [5.41, 5.74) is 1.14. The fourth-order valence-electron chi connectivity index (χ4n) is 3.17.